The molecule has 0 saturated heterocycles. The fourth-order valence-electron chi connectivity index (χ4n) is 1.17. The van der Waals surface area contributed by atoms with Gasteiger partial charge in [-0.2, -0.15) is 0 Å². The maximum Gasteiger partial charge on any atom is 0.115 e. The van der Waals surface area contributed by atoms with E-state index in [1.165, 1.54) is 0 Å². The van der Waals surface area contributed by atoms with E-state index in [4.69, 9.17) is 5.73 Å². The number of hydrogen-bond acceptors (Lipinski definition) is 5. The summed E-state index contributed by atoms with van der Waals surface area (Å²) >= 11 is 3.96. The molecule has 2 rings (SSSR count). The van der Waals surface area contributed by atoms with Gasteiger partial charge < -0.3 is 10.5 Å². The molecule has 3 N–H and O–H groups in total. The summed E-state index contributed by atoms with van der Waals surface area (Å²) in [4.78, 5) is 8.30. The van der Waals surface area contributed by atoms with Gasteiger partial charge >= 0.3 is 0 Å². The number of anilines is 2. The Hall–Kier alpha value is -1.49. The fraction of sp³-hybridized carbons (Fsp3) is 0. The number of benzene rings is 1. The number of rotatable bonds is 1. The second-order valence-corrected chi connectivity index (χ2v) is 2.79. The number of hydrogen-bond donors (Lipinski definition) is 3. The number of aromatic nitrogens is 2. The van der Waals surface area contributed by atoms with Crippen molar-refractivity contribution in [3.8, 4) is 0 Å². The average molecular weight is 192 g/mol. The summed E-state index contributed by atoms with van der Waals surface area (Å²) < 4.78 is 2.71. The lowest BCUT2D eigenvalue weighted by molar-refractivity contribution is 1.30. The molecule has 5 heteroatoms. The molecule has 0 saturated carbocycles. The van der Waals surface area contributed by atoms with Crippen molar-refractivity contribution in [3.05, 3.63) is 24.5 Å². The molecule has 1 aromatic carbocycles. The van der Waals surface area contributed by atoms with E-state index in [0.717, 1.165) is 11.0 Å². The van der Waals surface area contributed by atoms with Crippen LogP contribution in [0, 0.1) is 0 Å². The van der Waals surface area contributed by atoms with Crippen LogP contribution in [0.5, 0.6) is 0 Å². The molecular formula is C8H8N4S. The van der Waals surface area contributed by atoms with Crippen molar-refractivity contribution >= 4 is 35.2 Å². The van der Waals surface area contributed by atoms with E-state index in [1.807, 2.05) is 6.07 Å². The molecule has 66 valence electrons. The quantitative estimate of drug-likeness (QED) is 0.473. The molecule has 13 heavy (non-hydrogen) atoms. The van der Waals surface area contributed by atoms with E-state index >= 15 is 0 Å². The van der Waals surface area contributed by atoms with Crippen molar-refractivity contribution in [2.45, 2.75) is 0 Å². The normalized spacial score (nSPS) is 10.2. The fourth-order valence-corrected chi connectivity index (χ4v) is 1.40. The number of nitrogens with two attached hydrogens (primary N) is 1. The van der Waals surface area contributed by atoms with Crippen molar-refractivity contribution in [1.29, 1.82) is 0 Å². The summed E-state index contributed by atoms with van der Waals surface area (Å²) in [5, 5.41) is 0. The first-order chi connectivity index (χ1) is 6.33. The van der Waals surface area contributed by atoms with Gasteiger partial charge in [-0.25, -0.2) is 0 Å². The Morgan fingerprint density at radius 1 is 1.23 bits per heavy atom. The standard InChI is InChI=1S/C8H8N4S/c9-5-1-2-6-8(7(5)12-13)11-4-3-10-6/h1-4,12-13H,9H2. The highest BCUT2D eigenvalue weighted by Gasteiger charge is 2.04. The van der Waals surface area contributed by atoms with Gasteiger partial charge in [-0.15, -0.1) is 0 Å². The maximum absolute atomic E-state index is 5.72. The number of nitrogen functional groups attached to an aromatic ring is 1. The third-order valence-corrected chi connectivity index (χ3v) is 2.01. The zero-order chi connectivity index (χ0) is 9.26. The van der Waals surface area contributed by atoms with Gasteiger partial charge in [0.15, 0.2) is 0 Å². The predicted octanol–water partition coefficient (Wildman–Crippen LogP) is 1.47. The van der Waals surface area contributed by atoms with Crippen LogP contribution in [0.25, 0.3) is 11.0 Å². The monoisotopic (exact) mass is 192 g/mol. The largest absolute Gasteiger partial charge is 0.397 e. The molecule has 0 aliphatic carbocycles. The molecule has 2 aromatic rings. The van der Waals surface area contributed by atoms with E-state index in [0.29, 0.717) is 11.4 Å². The molecule has 0 spiro atoms. The van der Waals surface area contributed by atoms with Crippen molar-refractivity contribution in [2.75, 3.05) is 10.5 Å². The lowest BCUT2D eigenvalue weighted by atomic mass is 10.2. The lowest BCUT2D eigenvalue weighted by Gasteiger charge is -2.05. The van der Waals surface area contributed by atoms with Gasteiger partial charge in [0.25, 0.3) is 0 Å². The number of fused-ring (bicyclic) bond motifs is 1. The zero-order valence-corrected chi connectivity index (χ0v) is 7.62. The van der Waals surface area contributed by atoms with Crippen LogP contribution >= 0.6 is 12.8 Å². The van der Waals surface area contributed by atoms with E-state index in [9.17, 15) is 0 Å². The Bertz CT molecular complexity index is 443. The summed E-state index contributed by atoms with van der Waals surface area (Å²) in [6.07, 6.45) is 3.26. The van der Waals surface area contributed by atoms with Gasteiger partial charge in [0.2, 0.25) is 0 Å². The van der Waals surface area contributed by atoms with Gasteiger partial charge in [0.05, 0.1) is 16.9 Å². The Morgan fingerprint density at radius 3 is 2.77 bits per heavy atom. The Labute approximate surface area is 80.7 Å². The molecule has 0 fully saturated rings. The first-order valence-electron chi connectivity index (χ1n) is 3.72. The summed E-state index contributed by atoms with van der Waals surface area (Å²) in [5.74, 6) is 0. The van der Waals surface area contributed by atoms with E-state index in [1.54, 1.807) is 18.5 Å². The third-order valence-electron chi connectivity index (χ3n) is 1.78. The van der Waals surface area contributed by atoms with Crippen LogP contribution in [0.4, 0.5) is 11.4 Å². The van der Waals surface area contributed by atoms with Crippen LogP contribution in [-0.2, 0) is 0 Å². The molecule has 4 nitrogen and oxygen atoms in total. The van der Waals surface area contributed by atoms with Crippen LogP contribution in [-0.4, -0.2) is 9.97 Å². The lowest BCUT2D eigenvalue weighted by Crippen LogP contribution is -1.94. The summed E-state index contributed by atoms with van der Waals surface area (Å²) in [5.41, 5.74) is 8.57. The van der Waals surface area contributed by atoms with Gasteiger partial charge in [-0.3, -0.25) is 9.97 Å². The van der Waals surface area contributed by atoms with Gasteiger partial charge in [0, 0.05) is 12.4 Å². The topological polar surface area (TPSA) is 63.8 Å². The van der Waals surface area contributed by atoms with Crippen molar-refractivity contribution in [2.24, 2.45) is 0 Å². The highest BCUT2D eigenvalue weighted by molar-refractivity contribution is 7.81. The van der Waals surface area contributed by atoms with Crippen LogP contribution in [0.3, 0.4) is 0 Å². The van der Waals surface area contributed by atoms with E-state index in [-0.39, 0.29) is 0 Å². The second kappa shape index (κ2) is 3.10. The molecule has 0 bridgehead atoms. The Morgan fingerprint density at radius 2 is 2.00 bits per heavy atom. The highest BCUT2D eigenvalue weighted by Crippen LogP contribution is 2.26. The molecule has 1 heterocycles. The molecule has 0 aliphatic heterocycles. The average Bonchev–Trinajstić information content (AvgIpc) is 2.18. The predicted molar refractivity (Wildman–Crippen MR) is 56.6 cm³/mol. The minimum atomic E-state index is 0.614. The summed E-state index contributed by atoms with van der Waals surface area (Å²) in [6.45, 7) is 0. The third kappa shape index (κ3) is 1.27. The van der Waals surface area contributed by atoms with Crippen LogP contribution < -0.4 is 10.5 Å². The molecule has 0 radical (unpaired) electrons. The first kappa shape index (κ1) is 8.12. The molecule has 0 atom stereocenters. The SMILES string of the molecule is Nc1ccc2nccnc2c1NS. The van der Waals surface area contributed by atoms with Gasteiger partial charge in [-0.1, -0.05) is 12.8 Å². The molecule has 0 aliphatic rings. The van der Waals surface area contributed by atoms with E-state index < -0.39 is 0 Å². The first-order valence-corrected chi connectivity index (χ1v) is 4.17. The zero-order valence-electron chi connectivity index (χ0n) is 6.73. The van der Waals surface area contributed by atoms with Gasteiger partial charge in [0.1, 0.15) is 5.52 Å². The number of nitrogens with one attached hydrogen (secondary N) is 1. The van der Waals surface area contributed by atoms with Crippen molar-refractivity contribution < 1.29 is 0 Å². The second-order valence-electron chi connectivity index (χ2n) is 2.57. The molecule has 1 aromatic heterocycles. The van der Waals surface area contributed by atoms with E-state index in [2.05, 4.69) is 27.5 Å². The molecular weight excluding hydrogens is 184 g/mol. The van der Waals surface area contributed by atoms with Crippen molar-refractivity contribution in [3.63, 3.8) is 0 Å². The van der Waals surface area contributed by atoms with Crippen LogP contribution in [0.2, 0.25) is 0 Å². The minimum absolute atomic E-state index is 0.614. The Kier molecular flexibility index (Phi) is 1.94. The van der Waals surface area contributed by atoms with Gasteiger partial charge in [-0.05, 0) is 12.1 Å². The number of nitrogens with zero attached hydrogens (tertiary/aromatic N) is 2. The minimum Gasteiger partial charge on any atom is -0.397 e. The Balaban J connectivity index is 2.84. The molecule has 0 amide bonds. The van der Waals surface area contributed by atoms with Crippen molar-refractivity contribution in [1.82, 2.24) is 9.97 Å². The summed E-state index contributed by atoms with van der Waals surface area (Å²) in [6, 6.07) is 3.60. The highest BCUT2D eigenvalue weighted by atomic mass is 32.1. The smallest absolute Gasteiger partial charge is 0.115 e. The van der Waals surface area contributed by atoms with Crippen LogP contribution in [0.15, 0.2) is 24.5 Å². The maximum atomic E-state index is 5.72. The van der Waals surface area contributed by atoms with Crippen LogP contribution in [0.1, 0.15) is 0 Å². The summed E-state index contributed by atoms with van der Waals surface area (Å²) in [7, 11) is 0. The molecule has 0 unspecified atom stereocenters. The number of thiol groups is 1.